The summed E-state index contributed by atoms with van der Waals surface area (Å²) in [6, 6.07) is 0. The molecule has 0 unspecified atom stereocenters. The molecule has 2 heteroatoms. The fourth-order valence-corrected chi connectivity index (χ4v) is 1.94. The van der Waals surface area contributed by atoms with Crippen LogP contribution < -0.4 is 5.32 Å². The third-order valence-corrected chi connectivity index (χ3v) is 2.94. The lowest BCUT2D eigenvalue weighted by atomic mass is 10.0. The van der Waals surface area contributed by atoms with Crippen LogP contribution in [0.4, 0.5) is 0 Å². The Morgan fingerprint density at radius 2 is 2.00 bits per heavy atom. The molecule has 0 radical (unpaired) electrons. The monoisotopic (exact) mass is 166 g/mol. The minimum atomic E-state index is 1.14. The zero-order valence-corrected chi connectivity index (χ0v) is 7.90. The quantitative estimate of drug-likeness (QED) is 0.616. The summed E-state index contributed by atoms with van der Waals surface area (Å²) in [5.41, 5.74) is 3.25. The van der Waals surface area contributed by atoms with E-state index in [9.17, 15) is 0 Å². The highest BCUT2D eigenvalue weighted by molar-refractivity contribution is 5.22. The first kappa shape index (κ1) is 8.27. The van der Waals surface area contributed by atoms with Crippen molar-refractivity contribution in [2.24, 2.45) is 0 Å². The molecule has 2 saturated heterocycles. The third-order valence-electron chi connectivity index (χ3n) is 2.94. The Morgan fingerprint density at radius 3 is 2.50 bits per heavy atom. The molecule has 2 nitrogen and oxygen atoms in total. The van der Waals surface area contributed by atoms with Gasteiger partial charge in [0.2, 0.25) is 0 Å². The molecule has 0 aromatic rings. The van der Waals surface area contributed by atoms with Gasteiger partial charge < -0.3 is 5.32 Å². The Morgan fingerprint density at radius 1 is 1.33 bits per heavy atom. The standard InChI is InChI=1S/C10H18N2/c1-9(10-6-11-7-10)8-12-4-2-3-5-12/h11H,2-8H2,1H3. The molecule has 2 aliphatic heterocycles. The van der Waals surface area contributed by atoms with Gasteiger partial charge in [-0.25, -0.2) is 0 Å². The fourth-order valence-electron chi connectivity index (χ4n) is 1.94. The molecule has 12 heavy (non-hydrogen) atoms. The molecular weight excluding hydrogens is 148 g/mol. The van der Waals surface area contributed by atoms with Crippen LogP contribution in [-0.2, 0) is 0 Å². The van der Waals surface area contributed by atoms with Crippen molar-refractivity contribution in [3.8, 4) is 0 Å². The number of nitrogens with one attached hydrogen (secondary N) is 1. The lowest BCUT2D eigenvalue weighted by Gasteiger charge is -2.24. The Kier molecular flexibility index (Phi) is 2.47. The zero-order valence-electron chi connectivity index (χ0n) is 7.90. The lowest BCUT2D eigenvalue weighted by molar-refractivity contribution is 0.365. The van der Waals surface area contributed by atoms with Crippen molar-refractivity contribution in [1.82, 2.24) is 10.2 Å². The third kappa shape index (κ3) is 1.70. The fraction of sp³-hybridized carbons (Fsp3) is 0.800. The number of hydrogen-bond donors (Lipinski definition) is 1. The molecule has 0 saturated carbocycles. The van der Waals surface area contributed by atoms with Gasteiger partial charge in [0.15, 0.2) is 0 Å². The van der Waals surface area contributed by atoms with E-state index in [2.05, 4.69) is 17.1 Å². The van der Waals surface area contributed by atoms with Crippen LogP contribution in [0.1, 0.15) is 19.8 Å². The van der Waals surface area contributed by atoms with Crippen LogP contribution in [0.5, 0.6) is 0 Å². The molecule has 2 fully saturated rings. The van der Waals surface area contributed by atoms with Gasteiger partial charge in [0.05, 0.1) is 0 Å². The van der Waals surface area contributed by atoms with Crippen LogP contribution >= 0.6 is 0 Å². The van der Waals surface area contributed by atoms with Crippen molar-refractivity contribution in [1.29, 1.82) is 0 Å². The SMILES string of the molecule is CC(CN1CCCC1)=C1CNC1. The normalized spacial score (nSPS) is 24.2. The van der Waals surface area contributed by atoms with Crippen LogP contribution in [0.15, 0.2) is 11.1 Å². The minimum Gasteiger partial charge on any atom is -0.309 e. The molecule has 1 N–H and O–H groups in total. The molecule has 0 amide bonds. The first-order chi connectivity index (χ1) is 5.86. The maximum absolute atomic E-state index is 3.29. The van der Waals surface area contributed by atoms with Crippen molar-refractivity contribution >= 4 is 0 Å². The Bertz CT molecular complexity index is 184. The first-order valence-electron chi connectivity index (χ1n) is 4.97. The topological polar surface area (TPSA) is 15.3 Å². The van der Waals surface area contributed by atoms with E-state index in [1.54, 1.807) is 11.1 Å². The second-order valence-electron chi connectivity index (χ2n) is 3.97. The molecule has 0 aromatic carbocycles. The van der Waals surface area contributed by atoms with E-state index >= 15 is 0 Å². The van der Waals surface area contributed by atoms with Gasteiger partial charge in [-0.2, -0.15) is 0 Å². The van der Waals surface area contributed by atoms with Gasteiger partial charge in [-0.3, -0.25) is 4.90 Å². The average Bonchev–Trinajstić information content (AvgIpc) is 2.34. The van der Waals surface area contributed by atoms with Gasteiger partial charge >= 0.3 is 0 Å². The van der Waals surface area contributed by atoms with Crippen LogP contribution in [0, 0.1) is 0 Å². The molecule has 2 aliphatic rings. The van der Waals surface area contributed by atoms with Crippen LogP contribution in [0.3, 0.4) is 0 Å². The van der Waals surface area contributed by atoms with Gasteiger partial charge in [0.25, 0.3) is 0 Å². The minimum absolute atomic E-state index is 1.14. The van der Waals surface area contributed by atoms with Crippen molar-refractivity contribution < 1.29 is 0 Å². The van der Waals surface area contributed by atoms with Crippen molar-refractivity contribution in [2.45, 2.75) is 19.8 Å². The van der Waals surface area contributed by atoms with E-state index in [1.807, 2.05) is 0 Å². The molecule has 0 bridgehead atoms. The van der Waals surface area contributed by atoms with Gasteiger partial charge in [0.1, 0.15) is 0 Å². The predicted octanol–water partition coefficient (Wildman–Crippen LogP) is 1.00. The molecule has 0 spiro atoms. The highest BCUT2D eigenvalue weighted by Gasteiger charge is 2.15. The van der Waals surface area contributed by atoms with E-state index in [4.69, 9.17) is 0 Å². The molecule has 68 valence electrons. The predicted molar refractivity (Wildman–Crippen MR) is 51.2 cm³/mol. The number of nitrogens with zero attached hydrogens (tertiary/aromatic N) is 1. The van der Waals surface area contributed by atoms with Gasteiger partial charge in [0, 0.05) is 19.6 Å². The van der Waals surface area contributed by atoms with E-state index < -0.39 is 0 Å². The lowest BCUT2D eigenvalue weighted by Crippen LogP contribution is -2.36. The van der Waals surface area contributed by atoms with E-state index in [1.165, 1.54) is 32.5 Å². The first-order valence-corrected chi connectivity index (χ1v) is 4.97. The molecular formula is C10H18N2. The Hall–Kier alpha value is -0.340. The van der Waals surface area contributed by atoms with Crippen LogP contribution in [0.2, 0.25) is 0 Å². The van der Waals surface area contributed by atoms with Crippen molar-refractivity contribution in [2.75, 3.05) is 32.7 Å². The molecule has 2 heterocycles. The second kappa shape index (κ2) is 3.58. The molecule has 0 aliphatic carbocycles. The van der Waals surface area contributed by atoms with Crippen LogP contribution in [-0.4, -0.2) is 37.6 Å². The summed E-state index contributed by atoms with van der Waals surface area (Å²) in [5, 5.41) is 3.29. The Balaban J connectivity index is 1.84. The summed E-state index contributed by atoms with van der Waals surface area (Å²) < 4.78 is 0. The highest BCUT2D eigenvalue weighted by Crippen LogP contribution is 2.14. The van der Waals surface area contributed by atoms with E-state index in [0.717, 1.165) is 13.1 Å². The summed E-state index contributed by atoms with van der Waals surface area (Å²) in [6.45, 7) is 8.42. The van der Waals surface area contributed by atoms with E-state index in [-0.39, 0.29) is 0 Å². The zero-order chi connectivity index (χ0) is 8.39. The number of rotatable bonds is 2. The largest absolute Gasteiger partial charge is 0.309 e. The average molecular weight is 166 g/mol. The second-order valence-corrected chi connectivity index (χ2v) is 3.97. The highest BCUT2D eigenvalue weighted by atomic mass is 15.1. The van der Waals surface area contributed by atoms with Gasteiger partial charge in [-0.05, 0) is 38.4 Å². The summed E-state index contributed by atoms with van der Waals surface area (Å²) in [6.07, 6.45) is 2.81. The number of hydrogen-bond acceptors (Lipinski definition) is 2. The molecule has 0 aromatic heterocycles. The molecule has 0 atom stereocenters. The van der Waals surface area contributed by atoms with Gasteiger partial charge in [-0.1, -0.05) is 5.57 Å². The summed E-state index contributed by atoms with van der Waals surface area (Å²) in [7, 11) is 0. The van der Waals surface area contributed by atoms with Crippen LogP contribution in [0.25, 0.3) is 0 Å². The Labute approximate surface area is 74.6 Å². The summed E-state index contributed by atoms with van der Waals surface area (Å²) >= 11 is 0. The summed E-state index contributed by atoms with van der Waals surface area (Å²) in [4.78, 5) is 2.57. The maximum Gasteiger partial charge on any atom is 0.0193 e. The van der Waals surface area contributed by atoms with Crippen molar-refractivity contribution in [3.05, 3.63) is 11.1 Å². The smallest absolute Gasteiger partial charge is 0.0193 e. The maximum atomic E-state index is 3.29. The molecule has 2 rings (SSSR count). The summed E-state index contributed by atoms with van der Waals surface area (Å²) in [5.74, 6) is 0. The van der Waals surface area contributed by atoms with Crippen molar-refractivity contribution in [3.63, 3.8) is 0 Å². The van der Waals surface area contributed by atoms with E-state index in [0.29, 0.717) is 0 Å². The van der Waals surface area contributed by atoms with Gasteiger partial charge in [-0.15, -0.1) is 0 Å². The number of likely N-dealkylation sites (tertiary alicyclic amines) is 1.